The second-order valence-corrected chi connectivity index (χ2v) is 3.20. The number of carbonyl (C=O) groups is 1. The van der Waals surface area contributed by atoms with E-state index >= 15 is 0 Å². The Kier molecular flexibility index (Phi) is 4.90. The fourth-order valence-electron chi connectivity index (χ4n) is 0.580. The van der Waals surface area contributed by atoms with Crippen molar-refractivity contribution < 1.29 is 27.4 Å². The molecule has 3 nitrogen and oxygen atoms in total. The van der Waals surface area contributed by atoms with E-state index in [2.05, 4.69) is 4.74 Å². The molecule has 0 saturated carbocycles. The molecule has 0 N–H and O–H groups in total. The third-order valence-corrected chi connectivity index (χ3v) is 1.17. The van der Waals surface area contributed by atoms with E-state index in [4.69, 9.17) is 4.74 Å². The number of hydrogen-bond acceptors (Lipinski definition) is 3. The number of ether oxygens (including phenoxy) is 2. The normalized spacial score (nSPS) is 14.2. The number of halogens is 3. The van der Waals surface area contributed by atoms with Crippen molar-refractivity contribution in [1.82, 2.24) is 0 Å². The van der Waals surface area contributed by atoms with Crippen molar-refractivity contribution in [2.45, 2.75) is 33.2 Å². The second kappa shape index (κ2) is 5.19. The van der Waals surface area contributed by atoms with Gasteiger partial charge in [0.25, 0.3) is 0 Å². The van der Waals surface area contributed by atoms with Crippen molar-refractivity contribution >= 4 is 5.97 Å². The first kappa shape index (κ1) is 13.2. The highest BCUT2D eigenvalue weighted by molar-refractivity contribution is 5.75. The number of rotatable bonds is 4. The Morgan fingerprint density at radius 1 is 1.29 bits per heavy atom. The van der Waals surface area contributed by atoms with Gasteiger partial charge in [0, 0.05) is 0 Å². The highest BCUT2D eigenvalue weighted by Gasteiger charge is 2.41. The van der Waals surface area contributed by atoms with Crippen LogP contribution in [-0.2, 0) is 14.3 Å². The maximum atomic E-state index is 11.7. The van der Waals surface area contributed by atoms with Gasteiger partial charge in [0.15, 0.2) is 6.29 Å². The molecular formula is C8H13F3O3. The second-order valence-electron chi connectivity index (χ2n) is 3.20. The van der Waals surface area contributed by atoms with Crippen LogP contribution in [0.5, 0.6) is 0 Å². The van der Waals surface area contributed by atoms with Gasteiger partial charge >= 0.3 is 12.1 Å². The Balaban J connectivity index is 3.83. The summed E-state index contributed by atoms with van der Waals surface area (Å²) >= 11 is 0. The predicted molar refractivity (Wildman–Crippen MR) is 42.4 cm³/mol. The minimum atomic E-state index is -4.96. The van der Waals surface area contributed by atoms with Crippen LogP contribution in [0.3, 0.4) is 0 Å². The summed E-state index contributed by atoms with van der Waals surface area (Å²) in [4.78, 5) is 10.3. The largest absolute Gasteiger partial charge is 0.491 e. The lowest BCUT2D eigenvalue weighted by Crippen LogP contribution is -2.30. The van der Waals surface area contributed by atoms with Gasteiger partial charge in [-0.15, -0.1) is 0 Å². The number of hydrogen-bond donors (Lipinski definition) is 0. The molecule has 0 spiro atoms. The van der Waals surface area contributed by atoms with E-state index in [1.807, 2.05) is 13.8 Å². The Labute approximate surface area is 80.2 Å². The Morgan fingerprint density at radius 3 is 2.14 bits per heavy atom. The molecule has 84 valence electrons. The topological polar surface area (TPSA) is 35.5 Å². The molecule has 0 aliphatic heterocycles. The van der Waals surface area contributed by atoms with Gasteiger partial charge in [-0.1, -0.05) is 13.8 Å². The first-order valence-corrected chi connectivity index (χ1v) is 4.13. The molecule has 0 saturated heterocycles. The molecule has 1 atom stereocenters. The van der Waals surface area contributed by atoms with Crippen LogP contribution in [0.4, 0.5) is 13.2 Å². The molecule has 0 aromatic heterocycles. The highest BCUT2D eigenvalue weighted by Crippen LogP contribution is 2.17. The summed E-state index contributed by atoms with van der Waals surface area (Å²) in [5.74, 6) is -2.06. The van der Waals surface area contributed by atoms with E-state index in [1.165, 1.54) is 6.92 Å². The Bertz CT molecular complexity index is 189. The SMILES string of the molecule is CC(C)COC(C)OC(=O)C(F)(F)F. The lowest BCUT2D eigenvalue weighted by atomic mass is 10.2. The zero-order valence-electron chi connectivity index (χ0n) is 8.22. The summed E-state index contributed by atoms with van der Waals surface area (Å²) in [6, 6.07) is 0. The van der Waals surface area contributed by atoms with E-state index in [0.717, 1.165) is 0 Å². The number of alkyl halides is 3. The highest BCUT2D eigenvalue weighted by atomic mass is 19.4. The lowest BCUT2D eigenvalue weighted by Gasteiger charge is -2.16. The zero-order valence-corrected chi connectivity index (χ0v) is 8.22. The predicted octanol–water partition coefficient (Wildman–Crippen LogP) is 2.11. The molecule has 0 fully saturated rings. The summed E-state index contributed by atoms with van der Waals surface area (Å²) in [6.45, 7) is 5.15. The van der Waals surface area contributed by atoms with Crippen LogP contribution in [-0.4, -0.2) is 25.0 Å². The average molecular weight is 214 g/mol. The quantitative estimate of drug-likeness (QED) is 0.531. The van der Waals surface area contributed by atoms with Crippen LogP contribution in [0.15, 0.2) is 0 Å². The van der Waals surface area contributed by atoms with E-state index < -0.39 is 18.4 Å². The van der Waals surface area contributed by atoms with E-state index in [1.54, 1.807) is 0 Å². The molecule has 0 bridgehead atoms. The standard InChI is InChI=1S/C8H13F3O3/c1-5(2)4-13-6(3)14-7(12)8(9,10)11/h5-6H,4H2,1-3H3. The van der Waals surface area contributed by atoms with Gasteiger partial charge in [-0.05, 0) is 12.8 Å². The molecule has 6 heteroatoms. The van der Waals surface area contributed by atoms with Crippen molar-refractivity contribution in [1.29, 1.82) is 0 Å². The summed E-state index contributed by atoms with van der Waals surface area (Å²) in [5.41, 5.74) is 0. The third kappa shape index (κ3) is 5.80. The van der Waals surface area contributed by atoms with Gasteiger partial charge in [-0.3, -0.25) is 0 Å². The minimum Gasteiger partial charge on any atom is -0.429 e. The van der Waals surface area contributed by atoms with E-state index in [9.17, 15) is 18.0 Å². The van der Waals surface area contributed by atoms with Crippen molar-refractivity contribution in [2.24, 2.45) is 5.92 Å². The monoisotopic (exact) mass is 214 g/mol. The summed E-state index contributed by atoms with van der Waals surface area (Å²) in [5, 5.41) is 0. The first-order chi connectivity index (χ1) is 6.23. The van der Waals surface area contributed by atoms with Gasteiger partial charge in [-0.25, -0.2) is 4.79 Å². The van der Waals surface area contributed by atoms with Crippen LogP contribution in [0.25, 0.3) is 0 Å². The molecule has 0 amide bonds. The van der Waals surface area contributed by atoms with Gasteiger partial charge < -0.3 is 9.47 Å². The number of carbonyl (C=O) groups excluding carboxylic acids is 1. The zero-order chi connectivity index (χ0) is 11.4. The number of esters is 1. The average Bonchev–Trinajstić information content (AvgIpc) is 1.99. The fraction of sp³-hybridized carbons (Fsp3) is 0.875. The van der Waals surface area contributed by atoms with Crippen molar-refractivity contribution in [2.75, 3.05) is 6.61 Å². The van der Waals surface area contributed by atoms with E-state index in [-0.39, 0.29) is 12.5 Å². The third-order valence-electron chi connectivity index (χ3n) is 1.17. The van der Waals surface area contributed by atoms with Crippen LogP contribution < -0.4 is 0 Å². The molecular weight excluding hydrogens is 201 g/mol. The molecule has 1 unspecified atom stereocenters. The summed E-state index contributed by atoms with van der Waals surface area (Å²) in [6.07, 6.45) is -6.14. The van der Waals surface area contributed by atoms with Gasteiger partial charge in [0.05, 0.1) is 6.61 Å². The lowest BCUT2D eigenvalue weighted by molar-refractivity contribution is -0.224. The van der Waals surface area contributed by atoms with Crippen molar-refractivity contribution in [3.63, 3.8) is 0 Å². The maximum Gasteiger partial charge on any atom is 0.491 e. The van der Waals surface area contributed by atoms with Gasteiger partial charge in [0.1, 0.15) is 0 Å². The van der Waals surface area contributed by atoms with E-state index in [0.29, 0.717) is 0 Å². The molecule has 0 radical (unpaired) electrons. The Morgan fingerprint density at radius 2 is 1.79 bits per heavy atom. The molecule has 14 heavy (non-hydrogen) atoms. The summed E-state index contributed by atoms with van der Waals surface area (Å²) in [7, 11) is 0. The van der Waals surface area contributed by atoms with Crippen LogP contribution in [0, 0.1) is 5.92 Å². The Hall–Kier alpha value is -0.780. The molecule has 0 aliphatic carbocycles. The molecule has 0 aromatic rings. The minimum absolute atomic E-state index is 0.169. The van der Waals surface area contributed by atoms with Crippen LogP contribution in [0.1, 0.15) is 20.8 Å². The molecule has 0 heterocycles. The maximum absolute atomic E-state index is 11.7. The van der Waals surface area contributed by atoms with Crippen molar-refractivity contribution in [3.8, 4) is 0 Å². The first-order valence-electron chi connectivity index (χ1n) is 4.13. The van der Waals surface area contributed by atoms with Crippen LogP contribution >= 0.6 is 0 Å². The van der Waals surface area contributed by atoms with Gasteiger partial charge in [-0.2, -0.15) is 13.2 Å². The smallest absolute Gasteiger partial charge is 0.429 e. The molecule has 0 rings (SSSR count). The molecule has 0 aromatic carbocycles. The van der Waals surface area contributed by atoms with Gasteiger partial charge in [0.2, 0.25) is 0 Å². The van der Waals surface area contributed by atoms with Crippen LogP contribution in [0.2, 0.25) is 0 Å². The summed E-state index contributed by atoms with van der Waals surface area (Å²) < 4.78 is 43.8. The van der Waals surface area contributed by atoms with Crippen molar-refractivity contribution in [3.05, 3.63) is 0 Å². The fourth-order valence-corrected chi connectivity index (χ4v) is 0.580. The molecule has 0 aliphatic rings.